The molecule has 0 aliphatic carbocycles. The van der Waals surface area contributed by atoms with Crippen LogP contribution in [-0.4, -0.2) is 9.97 Å². The summed E-state index contributed by atoms with van der Waals surface area (Å²) < 4.78 is 5.09. The standard InChI is InChI=1S/C7H7N3OS/c1-4-10-5(3-12-4)6-2-9-7(8)11-6/h2-3H,1H3,(H2,8,9). The van der Waals surface area contributed by atoms with Crippen LogP contribution >= 0.6 is 11.3 Å². The van der Waals surface area contributed by atoms with Crippen molar-refractivity contribution in [3.05, 3.63) is 16.6 Å². The van der Waals surface area contributed by atoms with Gasteiger partial charge in [0.25, 0.3) is 6.01 Å². The van der Waals surface area contributed by atoms with Crippen molar-refractivity contribution < 1.29 is 4.42 Å². The topological polar surface area (TPSA) is 64.9 Å². The molecule has 0 unspecified atom stereocenters. The second-order valence-electron chi connectivity index (χ2n) is 2.31. The molecule has 2 heterocycles. The molecule has 0 saturated carbocycles. The van der Waals surface area contributed by atoms with E-state index in [1.807, 2.05) is 12.3 Å². The summed E-state index contributed by atoms with van der Waals surface area (Å²) in [5, 5.41) is 2.91. The predicted molar refractivity (Wildman–Crippen MR) is 46.8 cm³/mol. The molecule has 0 aliphatic heterocycles. The first-order valence-electron chi connectivity index (χ1n) is 3.39. The van der Waals surface area contributed by atoms with Gasteiger partial charge in [-0.05, 0) is 6.92 Å². The molecule has 0 amide bonds. The van der Waals surface area contributed by atoms with E-state index in [1.54, 1.807) is 17.5 Å². The minimum atomic E-state index is 0.177. The largest absolute Gasteiger partial charge is 0.422 e. The van der Waals surface area contributed by atoms with E-state index < -0.39 is 0 Å². The van der Waals surface area contributed by atoms with E-state index in [2.05, 4.69) is 9.97 Å². The average Bonchev–Trinajstić information content (AvgIpc) is 2.58. The Morgan fingerprint density at radius 2 is 2.42 bits per heavy atom. The van der Waals surface area contributed by atoms with Crippen LogP contribution in [0.1, 0.15) is 5.01 Å². The van der Waals surface area contributed by atoms with Gasteiger partial charge in [-0.15, -0.1) is 11.3 Å². The van der Waals surface area contributed by atoms with Gasteiger partial charge in [0.05, 0.1) is 11.2 Å². The van der Waals surface area contributed by atoms with Gasteiger partial charge < -0.3 is 10.2 Å². The molecule has 0 aromatic carbocycles. The van der Waals surface area contributed by atoms with E-state index in [-0.39, 0.29) is 6.01 Å². The fraction of sp³-hybridized carbons (Fsp3) is 0.143. The third-order valence-electron chi connectivity index (χ3n) is 1.40. The maximum Gasteiger partial charge on any atom is 0.292 e. The SMILES string of the molecule is Cc1nc(-c2cnc(N)o2)cs1. The lowest BCUT2D eigenvalue weighted by Gasteiger charge is -1.84. The summed E-state index contributed by atoms with van der Waals surface area (Å²) >= 11 is 1.57. The quantitative estimate of drug-likeness (QED) is 0.727. The Labute approximate surface area is 73.1 Å². The monoisotopic (exact) mass is 181 g/mol. The van der Waals surface area contributed by atoms with Crippen LogP contribution in [0.5, 0.6) is 0 Å². The van der Waals surface area contributed by atoms with E-state index in [1.165, 1.54) is 0 Å². The van der Waals surface area contributed by atoms with E-state index in [0.29, 0.717) is 5.76 Å². The summed E-state index contributed by atoms with van der Waals surface area (Å²) in [6, 6.07) is 0.177. The molecule has 0 saturated heterocycles. The molecule has 4 nitrogen and oxygen atoms in total. The zero-order chi connectivity index (χ0) is 8.55. The van der Waals surface area contributed by atoms with Crippen molar-refractivity contribution in [2.24, 2.45) is 0 Å². The Morgan fingerprint density at radius 3 is 2.92 bits per heavy atom. The number of hydrogen-bond acceptors (Lipinski definition) is 5. The highest BCUT2D eigenvalue weighted by molar-refractivity contribution is 7.09. The van der Waals surface area contributed by atoms with Gasteiger partial charge in [-0.2, -0.15) is 0 Å². The molecule has 0 aliphatic rings. The number of hydrogen-bond donors (Lipinski definition) is 1. The molecule has 0 atom stereocenters. The average molecular weight is 181 g/mol. The normalized spacial score (nSPS) is 10.4. The Bertz CT molecular complexity index is 355. The summed E-state index contributed by atoms with van der Waals surface area (Å²) in [6.45, 7) is 1.94. The Hall–Kier alpha value is -1.36. The fourth-order valence-corrected chi connectivity index (χ4v) is 1.48. The summed E-state index contributed by atoms with van der Waals surface area (Å²) in [4.78, 5) is 8.00. The van der Waals surface area contributed by atoms with Gasteiger partial charge in [0.1, 0.15) is 5.69 Å². The lowest BCUT2D eigenvalue weighted by atomic mass is 10.4. The third-order valence-corrected chi connectivity index (χ3v) is 2.17. The molecule has 0 radical (unpaired) electrons. The highest BCUT2D eigenvalue weighted by Gasteiger charge is 2.06. The van der Waals surface area contributed by atoms with Crippen molar-refractivity contribution in [2.75, 3.05) is 5.73 Å². The van der Waals surface area contributed by atoms with Crippen molar-refractivity contribution in [1.29, 1.82) is 0 Å². The summed E-state index contributed by atoms with van der Waals surface area (Å²) in [5.74, 6) is 0.622. The van der Waals surface area contributed by atoms with Crippen LogP contribution < -0.4 is 5.73 Å². The maximum absolute atomic E-state index is 5.32. The van der Waals surface area contributed by atoms with Crippen LogP contribution in [0.3, 0.4) is 0 Å². The molecule has 0 spiro atoms. The number of aromatic nitrogens is 2. The lowest BCUT2D eigenvalue weighted by molar-refractivity contribution is 0.593. The van der Waals surface area contributed by atoms with Crippen molar-refractivity contribution in [2.45, 2.75) is 6.92 Å². The number of thiazole rings is 1. The molecular weight excluding hydrogens is 174 g/mol. The minimum Gasteiger partial charge on any atom is -0.422 e. The molecule has 0 bridgehead atoms. The van der Waals surface area contributed by atoms with Gasteiger partial charge >= 0.3 is 0 Å². The maximum atomic E-state index is 5.32. The molecular formula is C7H7N3OS. The van der Waals surface area contributed by atoms with E-state index >= 15 is 0 Å². The van der Waals surface area contributed by atoms with Crippen molar-refractivity contribution in [3.63, 3.8) is 0 Å². The minimum absolute atomic E-state index is 0.177. The van der Waals surface area contributed by atoms with E-state index in [9.17, 15) is 0 Å². The van der Waals surface area contributed by atoms with Crippen LogP contribution in [0.2, 0.25) is 0 Å². The zero-order valence-corrected chi connectivity index (χ0v) is 7.26. The van der Waals surface area contributed by atoms with Crippen LogP contribution in [-0.2, 0) is 0 Å². The first-order chi connectivity index (χ1) is 5.75. The van der Waals surface area contributed by atoms with Gasteiger partial charge in [-0.25, -0.2) is 9.97 Å². The first kappa shape index (κ1) is 7.30. The van der Waals surface area contributed by atoms with Gasteiger partial charge in [-0.3, -0.25) is 0 Å². The lowest BCUT2D eigenvalue weighted by Crippen LogP contribution is -1.80. The Morgan fingerprint density at radius 1 is 1.58 bits per heavy atom. The van der Waals surface area contributed by atoms with E-state index in [0.717, 1.165) is 10.7 Å². The molecule has 0 fully saturated rings. The second kappa shape index (κ2) is 2.60. The molecule has 2 N–H and O–H groups in total. The predicted octanol–water partition coefficient (Wildman–Crippen LogP) is 1.69. The summed E-state index contributed by atoms with van der Waals surface area (Å²) in [6.07, 6.45) is 1.57. The molecule has 5 heteroatoms. The molecule has 2 aromatic rings. The third kappa shape index (κ3) is 1.18. The molecule has 2 rings (SSSR count). The van der Waals surface area contributed by atoms with Crippen LogP contribution in [0.15, 0.2) is 16.0 Å². The van der Waals surface area contributed by atoms with Crippen molar-refractivity contribution in [3.8, 4) is 11.5 Å². The number of rotatable bonds is 1. The number of nitrogens with two attached hydrogens (primary N) is 1. The number of aryl methyl sites for hydroxylation is 1. The highest BCUT2D eigenvalue weighted by Crippen LogP contribution is 2.22. The van der Waals surface area contributed by atoms with E-state index in [4.69, 9.17) is 10.2 Å². The van der Waals surface area contributed by atoms with Crippen molar-refractivity contribution in [1.82, 2.24) is 9.97 Å². The van der Waals surface area contributed by atoms with Crippen molar-refractivity contribution >= 4 is 17.4 Å². The van der Waals surface area contributed by atoms with Crippen LogP contribution in [0.25, 0.3) is 11.5 Å². The summed E-state index contributed by atoms with van der Waals surface area (Å²) in [7, 11) is 0. The van der Waals surface area contributed by atoms with Gasteiger partial charge in [0, 0.05) is 5.38 Å². The molecule has 62 valence electrons. The highest BCUT2D eigenvalue weighted by atomic mass is 32.1. The molecule has 12 heavy (non-hydrogen) atoms. The smallest absolute Gasteiger partial charge is 0.292 e. The fourth-order valence-electron chi connectivity index (χ4n) is 0.883. The Balaban J connectivity index is 2.43. The summed E-state index contributed by atoms with van der Waals surface area (Å²) in [5.41, 5.74) is 6.11. The first-order valence-corrected chi connectivity index (χ1v) is 4.27. The van der Waals surface area contributed by atoms with Gasteiger partial charge in [0.2, 0.25) is 0 Å². The number of nitrogens with zero attached hydrogens (tertiary/aromatic N) is 2. The molecule has 2 aromatic heterocycles. The van der Waals surface area contributed by atoms with Gasteiger partial charge in [0.15, 0.2) is 5.76 Å². The number of anilines is 1. The number of oxazole rings is 1. The Kier molecular flexibility index (Phi) is 1.58. The van der Waals surface area contributed by atoms with Crippen LogP contribution in [0, 0.1) is 6.92 Å². The zero-order valence-electron chi connectivity index (χ0n) is 6.44. The number of nitrogen functional groups attached to an aromatic ring is 1. The van der Waals surface area contributed by atoms with Gasteiger partial charge in [-0.1, -0.05) is 0 Å². The van der Waals surface area contributed by atoms with Crippen LogP contribution in [0.4, 0.5) is 6.01 Å². The second-order valence-corrected chi connectivity index (χ2v) is 3.38.